The van der Waals surface area contributed by atoms with Gasteiger partial charge >= 0.3 is 11.9 Å². The van der Waals surface area contributed by atoms with Gasteiger partial charge in [-0.15, -0.1) is 0 Å². The standard InChI is InChI=1S/C15H21NO5/c1-3-5-6-11(4-2)7-9-13(17)16-12(15(20)21)8-10-14(18)19/h3-6,12H,1,7-10H2,2H3,(H,16,17)(H,18,19)(H,20,21)/b6-5-,11-4+. The summed E-state index contributed by atoms with van der Waals surface area (Å²) in [6.45, 7) is 5.39. The topological polar surface area (TPSA) is 104 Å². The Morgan fingerprint density at radius 1 is 1.19 bits per heavy atom. The summed E-state index contributed by atoms with van der Waals surface area (Å²) in [4.78, 5) is 33.1. The number of nitrogens with one attached hydrogen (secondary N) is 1. The first-order valence-corrected chi connectivity index (χ1v) is 6.59. The first-order chi connectivity index (χ1) is 9.90. The van der Waals surface area contributed by atoms with Gasteiger partial charge in [0.1, 0.15) is 6.04 Å². The molecule has 1 atom stereocenters. The Balaban J connectivity index is 4.37. The minimum Gasteiger partial charge on any atom is -0.481 e. The smallest absolute Gasteiger partial charge is 0.326 e. The molecule has 0 aliphatic rings. The Kier molecular flexibility index (Phi) is 9.25. The summed E-state index contributed by atoms with van der Waals surface area (Å²) >= 11 is 0. The second kappa shape index (κ2) is 10.4. The Labute approximate surface area is 123 Å². The second-order valence-corrected chi connectivity index (χ2v) is 4.35. The molecule has 0 saturated heterocycles. The fraction of sp³-hybridized carbons (Fsp3) is 0.400. The highest BCUT2D eigenvalue weighted by Crippen LogP contribution is 2.08. The number of aliphatic carboxylic acids is 2. The summed E-state index contributed by atoms with van der Waals surface area (Å²) in [5.74, 6) is -2.75. The van der Waals surface area contributed by atoms with Gasteiger partial charge in [-0.25, -0.2) is 4.79 Å². The van der Waals surface area contributed by atoms with Crippen molar-refractivity contribution in [3.8, 4) is 0 Å². The molecule has 0 aromatic carbocycles. The van der Waals surface area contributed by atoms with Crippen molar-refractivity contribution in [2.45, 2.75) is 38.6 Å². The molecule has 0 aromatic rings. The molecule has 0 fully saturated rings. The van der Waals surface area contributed by atoms with E-state index in [1.807, 2.05) is 19.1 Å². The molecule has 0 heterocycles. The van der Waals surface area contributed by atoms with Crippen molar-refractivity contribution in [3.05, 3.63) is 36.5 Å². The van der Waals surface area contributed by atoms with Crippen molar-refractivity contribution >= 4 is 17.8 Å². The number of carbonyl (C=O) groups excluding carboxylic acids is 1. The highest BCUT2D eigenvalue weighted by atomic mass is 16.4. The summed E-state index contributed by atoms with van der Waals surface area (Å²) in [5.41, 5.74) is 0.933. The molecule has 0 aliphatic heterocycles. The lowest BCUT2D eigenvalue weighted by Gasteiger charge is -2.13. The minimum absolute atomic E-state index is 0.136. The first-order valence-electron chi connectivity index (χ1n) is 6.59. The third kappa shape index (κ3) is 9.21. The molecule has 1 amide bonds. The van der Waals surface area contributed by atoms with Crippen molar-refractivity contribution in [2.24, 2.45) is 0 Å². The zero-order valence-corrected chi connectivity index (χ0v) is 12.0. The van der Waals surface area contributed by atoms with E-state index in [1.165, 1.54) is 0 Å². The van der Waals surface area contributed by atoms with E-state index >= 15 is 0 Å². The van der Waals surface area contributed by atoms with Crippen LogP contribution in [0, 0.1) is 0 Å². The highest BCUT2D eigenvalue weighted by molar-refractivity contribution is 5.84. The van der Waals surface area contributed by atoms with Crippen LogP contribution in [0.1, 0.15) is 32.6 Å². The molecule has 0 aromatic heterocycles. The normalized spacial score (nSPS) is 12.9. The average Bonchev–Trinajstić information content (AvgIpc) is 2.43. The number of hydrogen-bond donors (Lipinski definition) is 3. The number of carboxylic acids is 2. The van der Waals surface area contributed by atoms with Gasteiger partial charge < -0.3 is 15.5 Å². The van der Waals surface area contributed by atoms with E-state index < -0.39 is 23.9 Å². The molecule has 0 saturated carbocycles. The molecule has 21 heavy (non-hydrogen) atoms. The Morgan fingerprint density at radius 3 is 2.33 bits per heavy atom. The summed E-state index contributed by atoms with van der Waals surface area (Å²) in [7, 11) is 0. The number of carbonyl (C=O) groups is 3. The van der Waals surface area contributed by atoms with Gasteiger partial charge in [-0.2, -0.15) is 0 Å². The fourth-order valence-corrected chi connectivity index (χ4v) is 1.57. The van der Waals surface area contributed by atoms with Crippen LogP contribution in [0.2, 0.25) is 0 Å². The maximum absolute atomic E-state index is 11.7. The molecule has 0 aliphatic carbocycles. The van der Waals surface area contributed by atoms with Crippen molar-refractivity contribution in [2.75, 3.05) is 0 Å². The zero-order chi connectivity index (χ0) is 16.3. The number of carboxylic acid groups (broad SMARTS) is 2. The molecule has 116 valence electrons. The molecule has 0 rings (SSSR count). The largest absolute Gasteiger partial charge is 0.481 e. The van der Waals surface area contributed by atoms with Crippen LogP contribution in [0.5, 0.6) is 0 Å². The average molecular weight is 295 g/mol. The minimum atomic E-state index is -1.23. The molecule has 0 radical (unpaired) electrons. The number of allylic oxidation sites excluding steroid dienone is 5. The van der Waals surface area contributed by atoms with E-state index in [9.17, 15) is 14.4 Å². The summed E-state index contributed by atoms with van der Waals surface area (Å²) in [6, 6.07) is -1.17. The molecule has 0 spiro atoms. The fourth-order valence-electron chi connectivity index (χ4n) is 1.57. The van der Waals surface area contributed by atoms with E-state index in [-0.39, 0.29) is 19.3 Å². The predicted molar refractivity (Wildman–Crippen MR) is 78.8 cm³/mol. The molecule has 1 unspecified atom stereocenters. The number of amides is 1. The molecular formula is C15H21NO5. The lowest BCUT2D eigenvalue weighted by Crippen LogP contribution is -2.41. The number of rotatable bonds is 10. The molecule has 3 N–H and O–H groups in total. The Bertz CT molecular complexity index is 451. The van der Waals surface area contributed by atoms with Gasteiger partial charge in [0.15, 0.2) is 0 Å². The summed E-state index contributed by atoms with van der Waals surface area (Å²) in [5, 5.41) is 19.8. The Morgan fingerprint density at radius 2 is 1.86 bits per heavy atom. The first kappa shape index (κ1) is 18.6. The van der Waals surface area contributed by atoms with Gasteiger partial charge in [0.25, 0.3) is 0 Å². The molecular weight excluding hydrogens is 274 g/mol. The van der Waals surface area contributed by atoms with Crippen LogP contribution in [0.3, 0.4) is 0 Å². The van der Waals surface area contributed by atoms with E-state index in [2.05, 4.69) is 11.9 Å². The van der Waals surface area contributed by atoms with E-state index in [0.29, 0.717) is 6.42 Å². The van der Waals surface area contributed by atoms with Crippen molar-refractivity contribution in [1.29, 1.82) is 0 Å². The monoisotopic (exact) mass is 295 g/mol. The van der Waals surface area contributed by atoms with Crippen LogP contribution in [0.15, 0.2) is 36.5 Å². The third-order valence-electron chi connectivity index (χ3n) is 2.74. The van der Waals surface area contributed by atoms with E-state index in [0.717, 1.165) is 5.57 Å². The van der Waals surface area contributed by atoms with Gasteiger partial charge in [0, 0.05) is 12.8 Å². The molecule has 6 heteroatoms. The van der Waals surface area contributed by atoms with Gasteiger partial charge in [0.05, 0.1) is 0 Å². The lowest BCUT2D eigenvalue weighted by molar-refractivity contribution is -0.143. The molecule has 0 bridgehead atoms. The van der Waals surface area contributed by atoms with Crippen LogP contribution in [0.25, 0.3) is 0 Å². The van der Waals surface area contributed by atoms with Crippen molar-refractivity contribution in [1.82, 2.24) is 5.32 Å². The lowest BCUT2D eigenvalue weighted by atomic mass is 10.1. The van der Waals surface area contributed by atoms with E-state index in [1.54, 1.807) is 12.2 Å². The quantitative estimate of drug-likeness (QED) is 0.534. The van der Waals surface area contributed by atoms with Gasteiger partial charge in [0.2, 0.25) is 5.91 Å². The summed E-state index contributed by atoms with van der Waals surface area (Å²) < 4.78 is 0. The highest BCUT2D eigenvalue weighted by Gasteiger charge is 2.20. The van der Waals surface area contributed by atoms with Gasteiger partial charge in [-0.1, -0.05) is 36.5 Å². The maximum atomic E-state index is 11.7. The van der Waals surface area contributed by atoms with Crippen LogP contribution >= 0.6 is 0 Å². The van der Waals surface area contributed by atoms with Gasteiger partial charge in [-0.05, 0) is 19.8 Å². The Hall–Kier alpha value is -2.37. The molecule has 6 nitrogen and oxygen atoms in total. The summed E-state index contributed by atoms with van der Waals surface area (Å²) in [6.07, 6.45) is 7.21. The number of hydrogen-bond acceptors (Lipinski definition) is 3. The second-order valence-electron chi connectivity index (χ2n) is 4.35. The predicted octanol–water partition coefficient (Wildman–Crippen LogP) is 1.89. The maximum Gasteiger partial charge on any atom is 0.326 e. The van der Waals surface area contributed by atoms with Crippen LogP contribution in [-0.2, 0) is 14.4 Å². The van der Waals surface area contributed by atoms with Crippen molar-refractivity contribution < 1.29 is 24.6 Å². The third-order valence-corrected chi connectivity index (χ3v) is 2.74. The SMILES string of the molecule is C=C/C=C\C(=C/C)CCC(=O)NC(CCC(=O)O)C(=O)O. The van der Waals surface area contributed by atoms with Crippen LogP contribution in [0.4, 0.5) is 0 Å². The van der Waals surface area contributed by atoms with Crippen LogP contribution < -0.4 is 5.32 Å². The van der Waals surface area contributed by atoms with Crippen LogP contribution in [-0.4, -0.2) is 34.1 Å². The zero-order valence-electron chi connectivity index (χ0n) is 12.0. The van der Waals surface area contributed by atoms with Gasteiger partial charge in [-0.3, -0.25) is 9.59 Å². The van der Waals surface area contributed by atoms with E-state index in [4.69, 9.17) is 10.2 Å². The van der Waals surface area contributed by atoms with Crippen molar-refractivity contribution in [3.63, 3.8) is 0 Å².